The normalized spacial score (nSPS) is 13.1. The van der Waals surface area contributed by atoms with E-state index in [-0.39, 0.29) is 17.5 Å². The number of hydrogen-bond donors (Lipinski definition) is 1. The van der Waals surface area contributed by atoms with Gasteiger partial charge < -0.3 is 15.0 Å². The predicted octanol–water partition coefficient (Wildman–Crippen LogP) is 6.20. The van der Waals surface area contributed by atoms with Crippen molar-refractivity contribution in [2.24, 2.45) is 0 Å². The lowest BCUT2D eigenvalue weighted by molar-refractivity contribution is -0.139. The van der Waals surface area contributed by atoms with Gasteiger partial charge >= 0.3 is 6.18 Å². The van der Waals surface area contributed by atoms with E-state index in [4.69, 9.17) is 16.3 Å². The minimum atomic E-state index is -4.89. The molecule has 0 aliphatic rings. The van der Waals surface area contributed by atoms with Crippen LogP contribution in [0.2, 0.25) is 5.02 Å². The average molecular weight is 654 g/mol. The van der Waals surface area contributed by atoms with E-state index in [0.717, 1.165) is 17.7 Å². The summed E-state index contributed by atoms with van der Waals surface area (Å²) in [6, 6.07) is 13.8. The number of halogens is 4. The van der Waals surface area contributed by atoms with Crippen LogP contribution in [0.25, 0.3) is 0 Å². The molecule has 3 rings (SSSR count). The van der Waals surface area contributed by atoms with Crippen LogP contribution in [0.5, 0.6) is 5.75 Å². The molecule has 1 N–H and O–H groups in total. The number of hydrogen-bond acceptors (Lipinski definition) is 5. The van der Waals surface area contributed by atoms with Crippen molar-refractivity contribution in [1.82, 2.24) is 10.2 Å². The third-order valence-electron chi connectivity index (χ3n) is 7.09. The Balaban J connectivity index is 2.13. The van der Waals surface area contributed by atoms with E-state index in [1.54, 1.807) is 38.1 Å². The summed E-state index contributed by atoms with van der Waals surface area (Å²) in [7, 11) is -3.10. The molecule has 0 radical (unpaired) electrons. The smallest absolute Gasteiger partial charge is 0.417 e. The number of carbonyl (C=O) groups excluding carboxylic acids is 2. The van der Waals surface area contributed by atoms with E-state index in [0.29, 0.717) is 28.1 Å². The van der Waals surface area contributed by atoms with Crippen LogP contribution in [-0.2, 0) is 32.3 Å². The van der Waals surface area contributed by atoms with Crippen LogP contribution in [0, 0.1) is 6.92 Å². The van der Waals surface area contributed by atoms with Gasteiger partial charge in [-0.15, -0.1) is 0 Å². The topological polar surface area (TPSA) is 96.0 Å². The van der Waals surface area contributed by atoms with Crippen LogP contribution in [0.15, 0.2) is 71.6 Å². The second kappa shape index (κ2) is 14.3. The summed E-state index contributed by atoms with van der Waals surface area (Å²) in [4.78, 5) is 28.1. The molecule has 44 heavy (non-hydrogen) atoms. The van der Waals surface area contributed by atoms with Crippen molar-refractivity contribution >= 4 is 39.1 Å². The van der Waals surface area contributed by atoms with Gasteiger partial charge in [0.2, 0.25) is 11.8 Å². The van der Waals surface area contributed by atoms with Crippen molar-refractivity contribution in [3.05, 3.63) is 88.4 Å². The molecular weight excluding hydrogens is 619 g/mol. The number of nitrogens with zero attached hydrogens (tertiary/aromatic N) is 2. The second-order valence-corrected chi connectivity index (χ2v) is 12.6. The Bertz CT molecular complexity index is 1580. The molecule has 0 unspecified atom stereocenters. The highest BCUT2D eigenvalue weighted by molar-refractivity contribution is 7.92. The lowest BCUT2D eigenvalue weighted by atomic mass is 10.1. The molecule has 0 heterocycles. The third-order valence-corrected chi connectivity index (χ3v) is 9.20. The van der Waals surface area contributed by atoms with Crippen molar-refractivity contribution in [1.29, 1.82) is 0 Å². The summed E-state index contributed by atoms with van der Waals surface area (Å²) in [5, 5.41) is 2.19. The molecule has 0 bridgehead atoms. The molecule has 2 atom stereocenters. The largest absolute Gasteiger partial charge is 0.497 e. The third kappa shape index (κ3) is 8.44. The molecule has 0 saturated carbocycles. The molecule has 2 amide bonds. The monoisotopic (exact) mass is 653 g/mol. The summed E-state index contributed by atoms with van der Waals surface area (Å²) < 4.78 is 75.1. The molecule has 3 aromatic carbocycles. The number of sulfonamides is 1. The van der Waals surface area contributed by atoms with E-state index in [2.05, 4.69) is 5.32 Å². The first-order valence-electron chi connectivity index (χ1n) is 13.8. The minimum absolute atomic E-state index is 0.113. The van der Waals surface area contributed by atoms with E-state index in [9.17, 15) is 31.2 Å². The molecule has 13 heteroatoms. The minimum Gasteiger partial charge on any atom is -0.497 e. The van der Waals surface area contributed by atoms with Gasteiger partial charge in [-0.2, -0.15) is 13.2 Å². The maximum absolute atomic E-state index is 14.0. The molecule has 0 aliphatic heterocycles. The summed E-state index contributed by atoms with van der Waals surface area (Å²) in [5.74, 6) is -0.802. The van der Waals surface area contributed by atoms with Gasteiger partial charge in [0.05, 0.1) is 28.3 Å². The van der Waals surface area contributed by atoms with Crippen molar-refractivity contribution < 1.29 is 35.9 Å². The van der Waals surface area contributed by atoms with Crippen molar-refractivity contribution in [2.75, 3.05) is 18.0 Å². The Morgan fingerprint density at radius 1 is 1.02 bits per heavy atom. The van der Waals surface area contributed by atoms with Gasteiger partial charge in [0.25, 0.3) is 10.0 Å². The molecule has 0 aromatic heterocycles. The summed E-state index contributed by atoms with van der Waals surface area (Å²) >= 11 is 5.82. The highest BCUT2D eigenvalue weighted by Gasteiger charge is 2.37. The van der Waals surface area contributed by atoms with Gasteiger partial charge in [-0.1, -0.05) is 48.4 Å². The maximum Gasteiger partial charge on any atom is 0.417 e. The molecule has 0 saturated heterocycles. The Morgan fingerprint density at radius 2 is 1.68 bits per heavy atom. The van der Waals surface area contributed by atoms with E-state index in [1.807, 2.05) is 6.92 Å². The first kappa shape index (κ1) is 34.7. The second-order valence-electron chi connectivity index (χ2n) is 10.4. The van der Waals surface area contributed by atoms with Crippen LogP contribution in [0.1, 0.15) is 43.9 Å². The van der Waals surface area contributed by atoms with Gasteiger partial charge in [0.15, 0.2) is 0 Å². The molecule has 0 fully saturated rings. The van der Waals surface area contributed by atoms with E-state index in [1.165, 1.54) is 43.2 Å². The number of ether oxygens (including phenoxy) is 1. The Morgan fingerprint density at radius 3 is 2.27 bits per heavy atom. The fourth-order valence-electron chi connectivity index (χ4n) is 4.27. The fraction of sp³-hybridized carbons (Fsp3) is 0.355. The number of methoxy groups -OCH3 is 1. The first-order valence-corrected chi connectivity index (χ1v) is 15.6. The SMILES string of the molecule is CC[C@@H](C)NC(=O)[C@H](C)N(Cc1cccc(OC)c1)C(=O)CN(c1ccc(Cl)c(C(F)(F)F)c1)S(=O)(=O)c1ccc(C)cc1. The number of aryl methyl sites for hydroxylation is 1. The number of amides is 2. The zero-order valence-corrected chi connectivity index (χ0v) is 26.6. The van der Waals surface area contributed by atoms with Crippen LogP contribution < -0.4 is 14.4 Å². The molecule has 0 aliphatic carbocycles. The highest BCUT2D eigenvalue weighted by Crippen LogP contribution is 2.38. The maximum atomic E-state index is 14.0. The summed E-state index contributed by atoms with van der Waals surface area (Å²) in [6.45, 7) is 5.91. The number of alkyl halides is 3. The van der Waals surface area contributed by atoms with Crippen molar-refractivity contribution in [3.8, 4) is 5.75 Å². The summed E-state index contributed by atoms with van der Waals surface area (Å²) in [6.07, 6.45) is -4.26. The van der Waals surface area contributed by atoms with E-state index >= 15 is 0 Å². The zero-order valence-electron chi connectivity index (χ0n) is 25.0. The van der Waals surface area contributed by atoms with Gasteiger partial charge in [-0.3, -0.25) is 13.9 Å². The van der Waals surface area contributed by atoms with Crippen LogP contribution >= 0.6 is 11.6 Å². The van der Waals surface area contributed by atoms with Crippen molar-refractivity contribution in [3.63, 3.8) is 0 Å². The van der Waals surface area contributed by atoms with Gasteiger partial charge in [0.1, 0.15) is 18.3 Å². The number of anilines is 1. The highest BCUT2D eigenvalue weighted by atomic mass is 35.5. The van der Waals surface area contributed by atoms with Gasteiger partial charge in [0, 0.05) is 12.6 Å². The number of nitrogens with one attached hydrogen (secondary N) is 1. The van der Waals surface area contributed by atoms with Gasteiger partial charge in [-0.05, 0) is 75.2 Å². The standard InChI is InChI=1S/C31H35ClF3N3O5S/c1-6-21(3)36-30(40)22(4)37(18-23-8-7-9-25(16-23)43-5)29(39)19-38(44(41,42)26-13-10-20(2)11-14-26)24-12-15-28(32)27(17-24)31(33,34)35/h7-17,21-22H,6,18-19H2,1-5H3,(H,36,40)/t21-,22+/m1/s1. The average Bonchev–Trinajstić information content (AvgIpc) is 2.98. The lowest BCUT2D eigenvalue weighted by Crippen LogP contribution is -2.52. The van der Waals surface area contributed by atoms with Crippen molar-refractivity contribution in [2.45, 2.75) is 63.8 Å². The molecule has 3 aromatic rings. The van der Waals surface area contributed by atoms with Crippen LogP contribution in [-0.4, -0.2) is 50.9 Å². The van der Waals surface area contributed by atoms with Crippen LogP contribution in [0.3, 0.4) is 0 Å². The first-order chi connectivity index (χ1) is 20.6. The van der Waals surface area contributed by atoms with Crippen LogP contribution in [0.4, 0.5) is 18.9 Å². The Hall–Kier alpha value is -3.77. The number of benzene rings is 3. The van der Waals surface area contributed by atoms with Gasteiger partial charge in [-0.25, -0.2) is 8.42 Å². The molecule has 0 spiro atoms. The number of carbonyl (C=O) groups is 2. The number of rotatable bonds is 12. The molecule has 238 valence electrons. The zero-order chi connectivity index (χ0) is 32.8. The molecule has 8 nitrogen and oxygen atoms in total. The lowest BCUT2D eigenvalue weighted by Gasteiger charge is -2.32. The Labute approximate surface area is 260 Å². The van der Waals surface area contributed by atoms with E-state index < -0.39 is 56.9 Å². The summed E-state index contributed by atoms with van der Waals surface area (Å²) in [5.41, 5.74) is -0.348. The predicted molar refractivity (Wildman–Crippen MR) is 163 cm³/mol. The Kier molecular flexibility index (Phi) is 11.3. The molecular formula is C31H35ClF3N3O5S. The fourth-order valence-corrected chi connectivity index (χ4v) is 5.90. The quantitative estimate of drug-likeness (QED) is 0.251.